The van der Waals surface area contributed by atoms with Crippen LogP contribution in [-0.2, 0) is 16.6 Å². The first-order chi connectivity index (χ1) is 14.3. The highest BCUT2D eigenvalue weighted by Gasteiger charge is 2.38. The van der Waals surface area contributed by atoms with Gasteiger partial charge in [0.1, 0.15) is 11.5 Å². The van der Waals surface area contributed by atoms with Crippen LogP contribution in [0.15, 0.2) is 48.5 Å². The lowest BCUT2D eigenvalue weighted by Gasteiger charge is -2.45. The van der Waals surface area contributed by atoms with E-state index in [1.54, 1.807) is 18.2 Å². The lowest BCUT2D eigenvalue weighted by atomic mass is 9.68. The average Bonchev–Trinajstić information content (AvgIpc) is 2.73. The van der Waals surface area contributed by atoms with Gasteiger partial charge in [-0.05, 0) is 66.1 Å². The van der Waals surface area contributed by atoms with E-state index in [2.05, 4.69) is 24.8 Å². The number of rotatable bonds is 7. The van der Waals surface area contributed by atoms with Gasteiger partial charge in [0.15, 0.2) is 0 Å². The highest BCUT2D eigenvalue weighted by Crippen LogP contribution is 2.40. The van der Waals surface area contributed by atoms with E-state index in [0.717, 1.165) is 38.2 Å². The number of carbonyl (C=O) groups excluding carboxylic acids is 1. The molecule has 1 fully saturated rings. The molecule has 0 unspecified atom stereocenters. The van der Waals surface area contributed by atoms with Crippen molar-refractivity contribution in [2.24, 2.45) is 5.92 Å². The molecule has 1 amide bonds. The zero-order chi connectivity index (χ0) is 21.7. The van der Waals surface area contributed by atoms with Gasteiger partial charge in [-0.1, -0.05) is 38.1 Å². The molecule has 0 radical (unpaired) electrons. The Labute approximate surface area is 179 Å². The normalized spacial score (nSPS) is 22.0. The van der Waals surface area contributed by atoms with Crippen LogP contribution in [0.25, 0.3) is 0 Å². The third-order valence-electron chi connectivity index (χ3n) is 6.81. The SMILES string of the molecule is C[C@H]1CN(CCN(C)C(=O)CCc2ccc(O)cc2)CC[C@@]1(C)c1cccc(O)c1. The molecule has 0 saturated carbocycles. The van der Waals surface area contributed by atoms with Crippen molar-refractivity contribution >= 4 is 5.91 Å². The minimum atomic E-state index is 0.0566. The van der Waals surface area contributed by atoms with Crippen molar-refractivity contribution in [3.05, 3.63) is 59.7 Å². The summed E-state index contributed by atoms with van der Waals surface area (Å²) in [6.45, 7) is 8.16. The van der Waals surface area contributed by atoms with Crippen LogP contribution in [0.3, 0.4) is 0 Å². The molecule has 3 rings (SSSR count). The maximum absolute atomic E-state index is 12.5. The molecule has 2 aromatic carbocycles. The van der Waals surface area contributed by atoms with Gasteiger partial charge in [0, 0.05) is 33.1 Å². The fourth-order valence-electron chi connectivity index (χ4n) is 4.33. The Bertz CT molecular complexity index is 852. The van der Waals surface area contributed by atoms with Crippen LogP contribution < -0.4 is 0 Å². The standard InChI is InChI=1S/C25H34N2O3/c1-19-18-27(14-13-25(19,2)21-5-4-6-23(29)17-21)16-15-26(3)24(30)12-9-20-7-10-22(28)11-8-20/h4-8,10-11,17,19,28-29H,9,12-16,18H2,1-3H3/t19-,25+/m0/s1. The van der Waals surface area contributed by atoms with Gasteiger partial charge in [-0.3, -0.25) is 4.79 Å². The summed E-state index contributed by atoms with van der Waals surface area (Å²) in [4.78, 5) is 16.7. The van der Waals surface area contributed by atoms with Gasteiger partial charge in [0.2, 0.25) is 5.91 Å². The number of phenolic OH excluding ortho intramolecular Hbond substituents is 2. The molecule has 2 aromatic rings. The van der Waals surface area contributed by atoms with Crippen LogP contribution in [0, 0.1) is 5.92 Å². The average molecular weight is 411 g/mol. The maximum atomic E-state index is 12.5. The first-order valence-electron chi connectivity index (χ1n) is 10.8. The Balaban J connectivity index is 1.46. The summed E-state index contributed by atoms with van der Waals surface area (Å²) in [5.74, 6) is 1.19. The van der Waals surface area contributed by atoms with Gasteiger partial charge < -0.3 is 20.0 Å². The number of hydrogen-bond acceptors (Lipinski definition) is 4. The number of piperidine rings is 1. The van der Waals surface area contributed by atoms with Crippen LogP contribution in [0.1, 0.15) is 37.8 Å². The molecule has 0 bridgehead atoms. The number of amides is 1. The van der Waals surface area contributed by atoms with E-state index in [4.69, 9.17) is 0 Å². The molecule has 1 saturated heterocycles. The molecule has 0 aromatic heterocycles. The minimum Gasteiger partial charge on any atom is -0.508 e. The summed E-state index contributed by atoms with van der Waals surface area (Å²) in [6, 6.07) is 14.7. The van der Waals surface area contributed by atoms with Crippen molar-refractivity contribution in [3.8, 4) is 11.5 Å². The smallest absolute Gasteiger partial charge is 0.222 e. The summed E-state index contributed by atoms with van der Waals surface area (Å²) in [5.41, 5.74) is 2.32. The molecule has 0 spiro atoms. The molecule has 2 N–H and O–H groups in total. The fourth-order valence-corrected chi connectivity index (χ4v) is 4.33. The Morgan fingerprint density at radius 2 is 1.90 bits per heavy atom. The van der Waals surface area contributed by atoms with Crippen molar-refractivity contribution in [3.63, 3.8) is 0 Å². The number of nitrogens with zero attached hydrogens (tertiary/aromatic N) is 2. The van der Waals surface area contributed by atoms with Gasteiger partial charge in [-0.15, -0.1) is 0 Å². The van der Waals surface area contributed by atoms with Crippen LogP contribution in [-0.4, -0.2) is 59.1 Å². The van der Waals surface area contributed by atoms with E-state index in [1.807, 2.05) is 36.2 Å². The van der Waals surface area contributed by atoms with Crippen LogP contribution in [0.5, 0.6) is 11.5 Å². The van der Waals surface area contributed by atoms with Crippen LogP contribution >= 0.6 is 0 Å². The van der Waals surface area contributed by atoms with E-state index in [0.29, 0.717) is 24.5 Å². The summed E-state index contributed by atoms with van der Waals surface area (Å²) in [6.07, 6.45) is 2.20. The van der Waals surface area contributed by atoms with Crippen molar-refractivity contribution in [1.29, 1.82) is 0 Å². The Kier molecular flexibility index (Phi) is 7.03. The molecule has 1 aliphatic heterocycles. The monoisotopic (exact) mass is 410 g/mol. The fraction of sp³-hybridized carbons (Fsp3) is 0.480. The van der Waals surface area contributed by atoms with Gasteiger partial charge in [-0.25, -0.2) is 0 Å². The lowest BCUT2D eigenvalue weighted by Crippen LogP contribution is -2.49. The van der Waals surface area contributed by atoms with Crippen LogP contribution in [0.4, 0.5) is 0 Å². The second-order valence-electron chi connectivity index (χ2n) is 8.90. The van der Waals surface area contributed by atoms with E-state index in [-0.39, 0.29) is 17.1 Å². The second-order valence-corrected chi connectivity index (χ2v) is 8.90. The van der Waals surface area contributed by atoms with Crippen molar-refractivity contribution in [1.82, 2.24) is 9.80 Å². The quantitative estimate of drug-likeness (QED) is 0.729. The maximum Gasteiger partial charge on any atom is 0.222 e. The first kappa shape index (κ1) is 22.2. The number of benzene rings is 2. The van der Waals surface area contributed by atoms with Crippen LogP contribution in [0.2, 0.25) is 0 Å². The number of phenols is 2. The molecular weight excluding hydrogens is 376 g/mol. The molecule has 1 aliphatic rings. The minimum absolute atomic E-state index is 0.0566. The van der Waals surface area contributed by atoms with E-state index < -0.39 is 0 Å². The topological polar surface area (TPSA) is 64.0 Å². The number of likely N-dealkylation sites (tertiary alicyclic amines) is 1. The summed E-state index contributed by atoms with van der Waals surface area (Å²) in [5, 5.41) is 19.2. The Morgan fingerprint density at radius 1 is 1.17 bits per heavy atom. The molecule has 2 atom stereocenters. The van der Waals surface area contributed by atoms with Gasteiger partial charge >= 0.3 is 0 Å². The molecule has 162 valence electrons. The highest BCUT2D eigenvalue weighted by atomic mass is 16.3. The first-order valence-corrected chi connectivity index (χ1v) is 10.8. The number of aromatic hydroxyl groups is 2. The number of aryl methyl sites for hydroxylation is 1. The lowest BCUT2D eigenvalue weighted by molar-refractivity contribution is -0.130. The summed E-state index contributed by atoms with van der Waals surface area (Å²) < 4.78 is 0. The van der Waals surface area contributed by atoms with Crippen molar-refractivity contribution < 1.29 is 15.0 Å². The number of hydrogen-bond donors (Lipinski definition) is 2. The zero-order valence-electron chi connectivity index (χ0n) is 18.3. The van der Waals surface area contributed by atoms with E-state index in [1.165, 1.54) is 5.56 Å². The van der Waals surface area contributed by atoms with E-state index in [9.17, 15) is 15.0 Å². The number of likely N-dealkylation sites (N-methyl/N-ethyl adjacent to an activating group) is 1. The molecule has 30 heavy (non-hydrogen) atoms. The predicted octanol–water partition coefficient (Wildman–Crippen LogP) is 3.79. The molecule has 5 nitrogen and oxygen atoms in total. The molecular formula is C25H34N2O3. The molecule has 5 heteroatoms. The predicted molar refractivity (Wildman–Crippen MR) is 120 cm³/mol. The number of carbonyl (C=O) groups is 1. The Morgan fingerprint density at radius 3 is 2.57 bits per heavy atom. The van der Waals surface area contributed by atoms with Gasteiger partial charge in [-0.2, -0.15) is 0 Å². The summed E-state index contributed by atoms with van der Waals surface area (Å²) in [7, 11) is 1.88. The summed E-state index contributed by atoms with van der Waals surface area (Å²) >= 11 is 0. The molecule has 1 heterocycles. The highest BCUT2D eigenvalue weighted by molar-refractivity contribution is 5.76. The Hall–Kier alpha value is -2.53. The van der Waals surface area contributed by atoms with Gasteiger partial charge in [0.25, 0.3) is 0 Å². The van der Waals surface area contributed by atoms with Crippen molar-refractivity contribution in [2.45, 2.75) is 38.5 Å². The van der Waals surface area contributed by atoms with Gasteiger partial charge in [0.05, 0.1) is 0 Å². The van der Waals surface area contributed by atoms with E-state index >= 15 is 0 Å². The van der Waals surface area contributed by atoms with Crippen molar-refractivity contribution in [2.75, 3.05) is 33.2 Å². The second kappa shape index (κ2) is 9.52. The third kappa shape index (κ3) is 5.33. The third-order valence-corrected chi connectivity index (χ3v) is 6.81. The largest absolute Gasteiger partial charge is 0.508 e. The zero-order valence-corrected chi connectivity index (χ0v) is 18.3. The molecule has 0 aliphatic carbocycles.